The molecule has 0 radical (unpaired) electrons. The molecule has 0 bridgehead atoms. The van der Waals surface area contributed by atoms with Crippen molar-refractivity contribution in [2.75, 3.05) is 38.4 Å². The first-order valence-electron chi connectivity index (χ1n) is 10.6. The molecule has 1 heterocycles. The third-order valence-electron chi connectivity index (χ3n) is 5.24. The Morgan fingerprint density at radius 1 is 1.19 bits per heavy atom. The van der Waals surface area contributed by atoms with Crippen LogP contribution < -0.4 is 10.6 Å². The zero-order valence-electron chi connectivity index (χ0n) is 18.5. The Hall–Kier alpha value is -1.15. The van der Waals surface area contributed by atoms with E-state index >= 15 is 0 Å². The van der Waals surface area contributed by atoms with E-state index in [0.29, 0.717) is 15.7 Å². The highest BCUT2D eigenvalue weighted by Gasteiger charge is 2.27. The lowest BCUT2D eigenvalue weighted by Crippen LogP contribution is -2.37. The Labute approximate surface area is 199 Å². The van der Waals surface area contributed by atoms with Crippen molar-refractivity contribution < 1.29 is 18.7 Å². The van der Waals surface area contributed by atoms with E-state index in [1.807, 2.05) is 30.3 Å². The van der Waals surface area contributed by atoms with Gasteiger partial charge in [0.2, 0.25) is 0 Å². The van der Waals surface area contributed by atoms with Crippen LogP contribution in [0.2, 0.25) is 10.0 Å². The lowest BCUT2D eigenvalue weighted by molar-refractivity contribution is 0.161. The maximum absolute atomic E-state index is 12.5. The van der Waals surface area contributed by atoms with Gasteiger partial charge in [-0.25, -0.2) is 0 Å². The number of halogens is 2. The topological polar surface area (TPSA) is 83.1 Å². The van der Waals surface area contributed by atoms with Crippen molar-refractivity contribution in [2.24, 2.45) is 0 Å². The molecule has 0 amide bonds. The fraction of sp³-hybridized carbons (Fsp3) is 0.455. The molecule has 0 saturated heterocycles. The average Bonchev–Trinajstić information content (AvgIpc) is 2.73. The zero-order chi connectivity index (χ0) is 23.3. The first kappa shape index (κ1) is 25.5. The second kappa shape index (κ2) is 11.3. The van der Waals surface area contributed by atoms with Crippen LogP contribution in [-0.4, -0.2) is 49.5 Å². The van der Waals surface area contributed by atoms with Gasteiger partial charge >= 0.3 is 7.60 Å². The van der Waals surface area contributed by atoms with E-state index in [4.69, 9.17) is 32.2 Å². The van der Waals surface area contributed by atoms with Gasteiger partial charge in [0.25, 0.3) is 0 Å². The van der Waals surface area contributed by atoms with Gasteiger partial charge in [-0.05, 0) is 61.9 Å². The van der Waals surface area contributed by atoms with Crippen molar-refractivity contribution in [1.29, 1.82) is 0 Å². The number of fused-ring (bicyclic) bond motifs is 1. The van der Waals surface area contributed by atoms with Crippen LogP contribution in [0, 0.1) is 0 Å². The number of rotatable bonds is 10. The van der Waals surface area contributed by atoms with Crippen molar-refractivity contribution in [3.63, 3.8) is 0 Å². The standard InChI is InChI=1S/C22H30Cl2N3O4P/c1-4-30-32(29,31-5-2)14-25-22(28)26-17-8-6-15(7-9-17)19-12-27(3)13-20-18(19)10-16(23)11-21(20)24/h6-11,19,22,25-26,28H,4-5,12-14H2,1-3H3. The molecular formula is C22H30Cl2N3O4P. The van der Waals surface area contributed by atoms with Crippen molar-refractivity contribution >= 4 is 36.5 Å². The number of nitrogens with one attached hydrogen (secondary N) is 2. The molecule has 176 valence electrons. The minimum absolute atomic E-state index is 0.104. The number of aliphatic hydroxyl groups is 1. The maximum Gasteiger partial charge on any atom is 0.344 e. The third kappa shape index (κ3) is 6.46. The monoisotopic (exact) mass is 501 g/mol. The second-order valence-electron chi connectivity index (χ2n) is 7.68. The van der Waals surface area contributed by atoms with Crippen LogP contribution in [0.3, 0.4) is 0 Å². The lowest BCUT2D eigenvalue weighted by atomic mass is 9.85. The molecule has 2 atom stereocenters. The van der Waals surface area contributed by atoms with E-state index in [-0.39, 0.29) is 25.4 Å². The number of likely N-dealkylation sites (N-methyl/N-ethyl adjacent to an activating group) is 1. The Morgan fingerprint density at radius 2 is 1.84 bits per heavy atom. The molecule has 32 heavy (non-hydrogen) atoms. The largest absolute Gasteiger partial charge is 0.361 e. The van der Waals surface area contributed by atoms with Gasteiger partial charge in [0.15, 0.2) is 6.35 Å². The molecule has 0 aliphatic carbocycles. The molecule has 1 aliphatic heterocycles. The van der Waals surface area contributed by atoms with Crippen LogP contribution in [0.25, 0.3) is 0 Å². The van der Waals surface area contributed by atoms with Gasteiger partial charge in [-0.15, -0.1) is 0 Å². The van der Waals surface area contributed by atoms with E-state index in [0.717, 1.165) is 29.8 Å². The molecule has 3 N–H and O–H groups in total. The Morgan fingerprint density at radius 3 is 2.47 bits per heavy atom. The van der Waals surface area contributed by atoms with Crippen LogP contribution in [0.5, 0.6) is 0 Å². The molecule has 2 aromatic rings. The SMILES string of the molecule is CCOP(=O)(CNC(O)Nc1ccc(C2CN(C)Cc3c(Cl)cc(Cl)cc32)cc1)OCC. The van der Waals surface area contributed by atoms with E-state index in [1.54, 1.807) is 19.9 Å². The second-order valence-corrected chi connectivity index (χ2v) is 10.6. The first-order chi connectivity index (χ1) is 15.2. The predicted octanol–water partition coefficient (Wildman–Crippen LogP) is 5.07. The van der Waals surface area contributed by atoms with Crippen LogP contribution >= 0.6 is 30.8 Å². The van der Waals surface area contributed by atoms with Crippen molar-refractivity contribution in [2.45, 2.75) is 32.7 Å². The molecular weight excluding hydrogens is 472 g/mol. The van der Waals surface area contributed by atoms with Gasteiger partial charge in [0, 0.05) is 34.7 Å². The quantitative estimate of drug-likeness (QED) is 0.309. The Balaban J connectivity index is 1.68. The Bertz CT molecular complexity index is 951. The highest BCUT2D eigenvalue weighted by Crippen LogP contribution is 2.46. The molecule has 0 aromatic heterocycles. The summed E-state index contributed by atoms with van der Waals surface area (Å²) in [5, 5.41) is 17.3. The molecule has 0 spiro atoms. The van der Waals surface area contributed by atoms with Gasteiger partial charge in [0.1, 0.15) is 6.29 Å². The summed E-state index contributed by atoms with van der Waals surface area (Å²) in [6.07, 6.45) is -1.22. The minimum Gasteiger partial charge on any atom is -0.361 e. The summed E-state index contributed by atoms with van der Waals surface area (Å²) in [5.41, 5.74) is 4.08. The molecule has 0 fully saturated rings. The fourth-order valence-corrected chi connectivity index (χ4v) is 5.88. The number of aliphatic hydroxyl groups excluding tert-OH is 1. The number of benzene rings is 2. The highest BCUT2D eigenvalue weighted by atomic mass is 35.5. The summed E-state index contributed by atoms with van der Waals surface area (Å²) in [4.78, 5) is 2.24. The highest BCUT2D eigenvalue weighted by molar-refractivity contribution is 7.53. The minimum atomic E-state index is -3.29. The number of hydrogen-bond acceptors (Lipinski definition) is 7. The summed E-state index contributed by atoms with van der Waals surface area (Å²) in [6.45, 7) is 5.65. The van der Waals surface area contributed by atoms with Crippen molar-refractivity contribution in [3.05, 3.63) is 63.1 Å². The summed E-state index contributed by atoms with van der Waals surface area (Å²) in [6, 6.07) is 11.6. The Kier molecular flexibility index (Phi) is 9.01. The van der Waals surface area contributed by atoms with Crippen LogP contribution in [-0.2, 0) is 20.2 Å². The van der Waals surface area contributed by atoms with Gasteiger partial charge in [-0.2, -0.15) is 0 Å². The van der Waals surface area contributed by atoms with Crippen LogP contribution in [0.1, 0.15) is 36.5 Å². The third-order valence-corrected chi connectivity index (χ3v) is 7.67. The summed E-state index contributed by atoms with van der Waals surface area (Å²) in [7, 11) is -1.22. The van der Waals surface area contributed by atoms with E-state index in [9.17, 15) is 9.67 Å². The molecule has 2 unspecified atom stereocenters. The van der Waals surface area contributed by atoms with Gasteiger partial charge in [-0.3, -0.25) is 9.88 Å². The average molecular weight is 502 g/mol. The van der Waals surface area contributed by atoms with Crippen LogP contribution in [0.4, 0.5) is 5.69 Å². The van der Waals surface area contributed by atoms with Gasteiger partial charge in [0.05, 0.1) is 13.2 Å². The van der Waals surface area contributed by atoms with Gasteiger partial charge in [-0.1, -0.05) is 35.3 Å². The normalized spacial score (nSPS) is 17.8. The number of nitrogens with zero attached hydrogens (tertiary/aromatic N) is 1. The number of hydrogen-bond donors (Lipinski definition) is 3. The molecule has 1 aliphatic rings. The molecule has 10 heteroatoms. The maximum atomic E-state index is 12.5. The first-order valence-corrected chi connectivity index (χ1v) is 13.1. The predicted molar refractivity (Wildman–Crippen MR) is 130 cm³/mol. The van der Waals surface area contributed by atoms with Gasteiger partial charge < -0.3 is 24.4 Å². The molecule has 0 saturated carbocycles. The smallest absolute Gasteiger partial charge is 0.344 e. The molecule has 2 aromatic carbocycles. The molecule has 3 rings (SSSR count). The summed E-state index contributed by atoms with van der Waals surface area (Å²) >= 11 is 12.7. The summed E-state index contributed by atoms with van der Waals surface area (Å²) in [5.74, 6) is 0.139. The van der Waals surface area contributed by atoms with E-state index in [2.05, 4.69) is 22.6 Å². The number of anilines is 1. The van der Waals surface area contributed by atoms with Crippen LogP contribution in [0.15, 0.2) is 36.4 Å². The zero-order valence-corrected chi connectivity index (χ0v) is 20.9. The molecule has 7 nitrogen and oxygen atoms in total. The van der Waals surface area contributed by atoms with E-state index in [1.165, 1.54) is 0 Å². The van der Waals surface area contributed by atoms with E-state index < -0.39 is 13.9 Å². The fourth-order valence-electron chi connectivity index (χ4n) is 3.87. The van der Waals surface area contributed by atoms with Crippen molar-refractivity contribution in [1.82, 2.24) is 10.2 Å². The lowest BCUT2D eigenvalue weighted by Gasteiger charge is -2.33. The van der Waals surface area contributed by atoms with Crippen molar-refractivity contribution in [3.8, 4) is 0 Å². The summed E-state index contributed by atoms with van der Waals surface area (Å²) < 4.78 is 22.9.